The third-order valence-electron chi connectivity index (χ3n) is 5.69. The molecule has 9 heteroatoms. The second-order valence-corrected chi connectivity index (χ2v) is 10.8. The molecule has 2 aromatic carbocycles. The molecule has 170 valence electrons. The number of fused-ring (bicyclic) bond motifs is 1. The first-order chi connectivity index (χ1) is 15.5. The number of methoxy groups -OCH3 is 1. The Labute approximate surface area is 192 Å². The van der Waals surface area contributed by atoms with E-state index in [2.05, 4.69) is 4.98 Å². The standard InChI is InChI=1S/C23H27N3O4S2/c1-30-16-15-26(23-24-20-9-5-6-10-21(20)31-23)22(27)19-11-13-25(14-12-19)32(28,29)17-18-7-3-2-4-8-18/h2-10,19H,11-17H2,1H3. The van der Waals surface area contributed by atoms with Crippen LogP contribution in [0.2, 0.25) is 0 Å². The van der Waals surface area contributed by atoms with Crippen LogP contribution in [0.25, 0.3) is 10.2 Å². The Morgan fingerprint density at radius 3 is 2.50 bits per heavy atom. The Morgan fingerprint density at radius 1 is 1.12 bits per heavy atom. The van der Waals surface area contributed by atoms with Crippen molar-refractivity contribution in [3.63, 3.8) is 0 Å². The van der Waals surface area contributed by atoms with Crippen LogP contribution in [0.5, 0.6) is 0 Å². The van der Waals surface area contributed by atoms with Crippen molar-refractivity contribution in [3.8, 4) is 0 Å². The van der Waals surface area contributed by atoms with E-state index in [1.54, 1.807) is 12.0 Å². The van der Waals surface area contributed by atoms with Crippen LogP contribution in [-0.2, 0) is 25.3 Å². The maximum Gasteiger partial charge on any atom is 0.232 e. The maximum atomic E-state index is 13.4. The lowest BCUT2D eigenvalue weighted by Crippen LogP contribution is -2.45. The van der Waals surface area contributed by atoms with E-state index >= 15 is 0 Å². The van der Waals surface area contributed by atoms with Gasteiger partial charge in [0.05, 0.1) is 29.1 Å². The molecule has 1 aliphatic heterocycles. The van der Waals surface area contributed by atoms with Gasteiger partial charge in [-0.05, 0) is 30.5 Å². The third kappa shape index (κ3) is 5.17. The van der Waals surface area contributed by atoms with Crippen molar-refractivity contribution in [2.24, 2.45) is 5.92 Å². The smallest absolute Gasteiger partial charge is 0.232 e. The first-order valence-electron chi connectivity index (χ1n) is 10.7. The zero-order chi connectivity index (χ0) is 22.6. The van der Waals surface area contributed by atoms with Crippen molar-refractivity contribution in [2.45, 2.75) is 18.6 Å². The number of aromatic nitrogens is 1. The van der Waals surface area contributed by atoms with Crippen LogP contribution in [0.4, 0.5) is 5.13 Å². The van der Waals surface area contributed by atoms with Crippen molar-refractivity contribution < 1.29 is 17.9 Å². The van der Waals surface area contributed by atoms with E-state index in [0.717, 1.165) is 15.8 Å². The number of carbonyl (C=O) groups is 1. The highest BCUT2D eigenvalue weighted by atomic mass is 32.2. The first-order valence-corrected chi connectivity index (χ1v) is 13.1. The summed E-state index contributed by atoms with van der Waals surface area (Å²) in [6.07, 6.45) is 1.00. The summed E-state index contributed by atoms with van der Waals surface area (Å²) < 4.78 is 33.4. The molecule has 1 fully saturated rings. The van der Waals surface area contributed by atoms with Crippen LogP contribution < -0.4 is 4.90 Å². The molecule has 1 saturated heterocycles. The van der Waals surface area contributed by atoms with Crippen LogP contribution >= 0.6 is 11.3 Å². The van der Waals surface area contributed by atoms with Crippen molar-refractivity contribution in [2.75, 3.05) is 38.3 Å². The number of anilines is 1. The number of hydrogen-bond donors (Lipinski definition) is 0. The molecule has 1 aromatic heterocycles. The van der Waals surface area contributed by atoms with Crippen molar-refractivity contribution in [3.05, 3.63) is 60.2 Å². The van der Waals surface area contributed by atoms with Gasteiger partial charge in [-0.25, -0.2) is 17.7 Å². The summed E-state index contributed by atoms with van der Waals surface area (Å²) in [6.45, 7) is 1.53. The third-order valence-corrected chi connectivity index (χ3v) is 8.60. The summed E-state index contributed by atoms with van der Waals surface area (Å²) in [5.41, 5.74) is 1.64. The Morgan fingerprint density at radius 2 is 1.81 bits per heavy atom. The van der Waals surface area contributed by atoms with Gasteiger partial charge in [-0.3, -0.25) is 9.69 Å². The van der Waals surface area contributed by atoms with Gasteiger partial charge in [0.2, 0.25) is 15.9 Å². The molecule has 32 heavy (non-hydrogen) atoms. The highest BCUT2D eigenvalue weighted by molar-refractivity contribution is 7.88. The first kappa shape index (κ1) is 22.8. The van der Waals surface area contributed by atoms with Crippen LogP contribution in [0, 0.1) is 5.92 Å². The number of para-hydroxylation sites is 1. The largest absolute Gasteiger partial charge is 0.383 e. The molecule has 4 rings (SSSR count). The molecule has 1 amide bonds. The molecule has 7 nitrogen and oxygen atoms in total. The molecule has 0 bridgehead atoms. The van der Waals surface area contributed by atoms with Crippen LogP contribution in [0.15, 0.2) is 54.6 Å². The number of ether oxygens (including phenoxy) is 1. The summed E-state index contributed by atoms with van der Waals surface area (Å²) in [7, 11) is -1.80. The highest BCUT2D eigenvalue weighted by Crippen LogP contribution is 2.31. The van der Waals surface area contributed by atoms with Gasteiger partial charge in [-0.1, -0.05) is 53.8 Å². The van der Waals surface area contributed by atoms with E-state index in [9.17, 15) is 13.2 Å². The molecule has 0 N–H and O–H groups in total. The lowest BCUT2D eigenvalue weighted by atomic mass is 9.96. The van der Waals surface area contributed by atoms with Gasteiger partial charge in [-0.2, -0.15) is 0 Å². The SMILES string of the molecule is COCCN(C(=O)C1CCN(S(=O)(=O)Cc2ccccc2)CC1)c1nc2ccccc2s1. The predicted molar refractivity (Wildman–Crippen MR) is 127 cm³/mol. The van der Waals surface area contributed by atoms with Crippen LogP contribution in [-0.4, -0.2) is 57.0 Å². The molecule has 0 saturated carbocycles. The molecule has 0 radical (unpaired) electrons. The van der Waals surface area contributed by atoms with Gasteiger partial charge in [0.1, 0.15) is 0 Å². The van der Waals surface area contributed by atoms with Gasteiger partial charge in [0.15, 0.2) is 5.13 Å². The Hall–Kier alpha value is -2.33. The maximum absolute atomic E-state index is 13.4. The average Bonchev–Trinajstić information content (AvgIpc) is 3.23. The number of rotatable bonds is 8. The number of carbonyl (C=O) groups excluding carboxylic acids is 1. The number of sulfonamides is 1. The number of benzene rings is 2. The number of thiazole rings is 1. The number of amides is 1. The van der Waals surface area contributed by atoms with Gasteiger partial charge >= 0.3 is 0 Å². The normalized spacial score (nSPS) is 15.8. The fraction of sp³-hybridized carbons (Fsp3) is 0.391. The number of piperidine rings is 1. The number of nitrogens with zero attached hydrogens (tertiary/aromatic N) is 3. The molecule has 3 aromatic rings. The zero-order valence-corrected chi connectivity index (χ0v) is 19.6. The van der Waals surface area contributed by atoms with Crippen LogP contribution in [0.3, 0.4) is 0 Å². The summed E-state index contributed by atoms with van der Waals surface area (Å²) in [6, 6.07) is 17.0. The Balaban J connectivity index is 1.44. The number of hydrogen-bond acceptors (Lipinski definition) is 6. The van der Waals surface area contributed by atoms with Gasteiger partial charge in [0, 0.05) is 26.1 Å². The molecule has 0 spiro atoms. The second-order valence-electron chi connectivity index (χ2n) is 7.86. The van der Waals surface area contributed by atoms with E-state index in [4.69, 9.17) is 4.74 Å². The molecule has 1 aliphatic rings. The summed E-state index contributed by atoms with van der Waals surface area (Å²) in [5, 5.41) is 0.660. The quantitative estimate of drug-likeness (QED) is 0.500. The second kappa shape index (κ2) is 10.1. The minimum absolute atomic E-state index is 0.0128. The minimum atomic E-state index is -3.41. The monoisotopic (exact) mass is 473 g/mol. The van der Waals surface area contributed by atoms with Gasteiger partial charge in [0.25, 0.3) is 0 Å². The topological polar surface area (TPSA) is 79.8 Å². The van der Waals surface area contributed by atoms with E-state index in [1.165, 1.54) is 15.6 Å². The highest BCUT2D eigenvalue weighted by Gasteiger charge is 2.34. The average molecular weight is 474 g/mol. The van der Waals surface area contributed by atoms with Crippen molar-refractivity contribution in [1.82, 2.24) is 9.29 Å². The predicted octanol–water partition coefficient (Wildman–Crippen LogP) is 3.52. The van der Waals surface area contributed by atoms with Gasteiger partial charge in [-0.15, -0.1) is 0 Å². The van der Waals surface area contributed by atoms with E-state index in [1.807, 2.05) is 54.6 Å². The molecule has 0 aliphatic carbocycles. The van der Waals surface area contributed by atoms with E-state index in [0.29, 0.717) is 44.2 Å². The summed E-state index contributed by atoms with van der Waals surface area (Å²) >= 11 is 1.49. The fourth-order valence-corrected chi connectivity index (χ4v) is 6.50. The van der Waals surface area contributed by atoms with Crippen molar-refractivity contribution in [1.29, 1.82) is 0 Å². The zero-order valence-electron chi connectivity index (χ0n) is 18.0. The summed E-state index contributed by atoms with van der Waals surface area (Å²) in [4.78, 5) is 19.7. The van der Waals surface area contributed by atoms with Crippen molar-refractivity contribution >= 4 is 42.6 Å². The van der Waals surface area contributed by atoms with E-state index < -0.39 is 10.0 Å². The minimum Gasteiger partial charge on any atom is -0.383 e. The lowest BCUT2D eigenvalue weighted by Gasteiger charge is -2.33. The molecule has 0 unspecified atom stereocenters. The van der Waals surface area contributed by atoms with Crippen LogP contribution in [0.1, 0.15) is 18.4 Å². The molecule has 0 atom stereocenters. The Bertz CT molecular complexity index is 1120. The summed E-state index contributed by atoms with van der Waals surface area (Å²) in [5.74, 6) is -0.263. The van der Waals surface area contributed by atoms with E-state index in [-0.39, 0.29) is 17.6 Å². The lowest BCUT2D eigenvalue weighted by molar-refractivity contribution is -0.123. The fourth-order valence-electron chi connectivity index (χ4n) is 3.94. The molecular weight excluding hydrogens is 446 g/mol. The molecular formula is C23H27N3O4S2. The van der Waals surface area contributed by atoms with Gasteiger partial charge < -0.3 is 4.74 Å². The molecule has 2 heterocycles. The Kier molecular flexibility index (Phi) is 7.20.